The van der Waals surface area contributed by atoms with E-state index in [2.05, 4.69) is 36.8 Å². The van der Waals surface area contributed by atoms with Crippen LogP contribution in [0.15, 0.2) is 21.2 Å². The van der Waals surface area contributed by atoms with E-state index in [9.17, 15) is 4.79 Å². The van der Waals surface area contributed by atoms with Crippen molar-refractivity contribution in [3.8, 4) is 0 Å². The first kappa shape index (κ1) is 12.0. The maximum atomic E-state index is 11.7. The first-order valence-corrected chi connectivity index (χ1v) is 6.42. The predicted molar refractivity (Wildman–Crippen MR) is 67.2 cm³/mol. The molecule has 0 spiro atoms. The summed E-state index contributed by atoms with van der Waals surface area (Å²) >= 11 is 6.69. The van der Waals surface area contributed by atoms with E-state index in [-0.39, 0.29) is 18.4 Å². The van der Waals surface area contributed by atoms with E-state index < -0.39 is 0 Å². The Balaban J connectivity index is 2.28. The van der Waals surface area contributed by atoms with E-state index in [1.807, 2.05) is 6.07 Å². The number of carbonyl (C=O) groups is 1. The fourth-order valence-electron chi connectivity index (χ4n) is 1.71. The number of aliphatic hydroxyl groups is 1. The summed E-state index contributed by atoms with van der Waals surface area (Å²) in [7, 11) is 0. The lowest BCUT2D eigenvalue weighted by Gasteiger charge is -2.16. The molecule has 16 heavy (non-hydrogen) atoms. The standard InChI is InChI=1S/C10H10Br2N2O2/c11-7-2-8(12)10(13-3-7)14-4-6(5-15)1-9(14)16/h2-3,6,15H,1,4-5H2. The first-order valence-electron chi connectivity index (χ1n) is 4.84. The lowest BCUT2D eigenvalue weighted by Crippen LogP contribution is -2.26. The van der Waals surface area contributed by atoms with E-state index in [4.69, 9.17) is 5.11 Å². The summed E-state index contributed by atoms with van der Waals surface area (Å²) in [5, 5.41) is 9.04. The average molecular weight is 350 g/mol. The third-order valence-corrected chi connectivity index (χ3v) is 3.52. The molecule has 6 heteroatoms. The fourth-order valence-corrected chi connectivity index (χ4v) is 2.92. The number of halogens is 2. The van der Waals surface area contributed by atoms with Crippen LogP contribution in [0.5, 0.6) is 0 Å². The van der Waals surface area contributed by atoms with Gasteiger partial charge in [0.25, 0.3) is 0 Å². The molecular formula is C10H10Br2N2O2. The van der Waals surface area contributed by atoms with Gasteiger partial charge in [0.15, 0.2) is 0 Å². The van der Waals surface area contributed by atoms with Crippen LogP contribution in [0.4, 0.5) is 5.82 Å². The number of amides is 1. The zero-order valence-corrected chi connectivity index (χ0v) is 11.5. The van der Waals surface area contributed by atoms with Crippen LogP contribution in [0.25, 0.3) is 0 Å². The summed E-state index contributed by atoms with van der Waals surface area (Å²) in [4.78, 5) is 17.5. The molecule has 1 fully saturated rings. The minimum atomic E-state index is 0.00886. The molecule has 1 aliphatic rings. The van der Waals surface area contributed by atoms with Crippen molar-refractivity contribution in [2.45, 2.75) is 6.42 Å². The topological polar surface area (TPSA) is 53.4 Å². The fraction of sp³-hybridized carbons (Fsp3) is 0.400. The van der Waals surface area contributed by atoms with Crippen LogP contribution in [0.2, 0.25) is 0 Å². The Hall–Kier alpha value is -0.460. The molecule has 0 saturated carbocycles. The zero-order chi connectivity index (χ0) is 11.7. The Morgan fingerprint density at radius 2 is 2.31 bits per heavy atom. The third kappa shape index (κ3) is 2.28. The lowest BCUT2D eigenvalue weighted by molar-refractivity contribution is -0.117. The van der Waals surface area contributed by atoms with Gasteiger partial charge < -0.3 is 5.11 Å². The van der Waals surface area contributed by atoms with Crippen molar-refractivity contribution >= 4 is 43.6 Å². The van der Waals surface area contributed by atoms with Crippen molar-refractivity contribution in [2.24, 2.45) is 5.92 Å². The highest BCUT2D eigenvalue weighted by atomic mass is 79.9. The van der Waals surface area contributed by atoms with Crippen molar-refractivity contribution in [2.75, 3.05) is 18.1 Å². The first-order chi connectivity index (χ1) is 7.61. The second-order valence-corrected chi connectivity index (χ2v) is 5.49. The molecule has 1 aliphatic heterocycles. The number of hydrogen-bond donors (Lipinski definition) is 1. The Kier molecular flexibility index (Phi) is 3.61. The SMILES string of the molecule is O=C1CC(CO)CN1c1ncc(Br)cc1Br. The number of carbonyl (C=O) groups excluding carboxylic acids is 1. The van der Waals surface area contributed by atoms with E-state index in [1.54, 1.807) is 11.1 Å². The number of nitrogens with zero attached hydrogens (tertiary/aromatic N) is 2. The van der Waals surface area contributed by atoms with Crippen LogP contribution in [-0.2, 0) is 4.79 Å². The smallest absolute Gasteiger partial charge is 0.228 e. The largest absolute Gasteiger partial charge is 0.396 e. The minimum absolute atomic E-state index is 0.00886. The molecule has 2 heterocycles. The molecule has 2 rings (SSSR count). The van der Waals surface area contributed by atoms with Crippen molar-refractivity contribution in [3.05, 3.63) is 21.2 Å². The summed E-state index contributed by atoms with van der Waals surface area (Å²) < 4.78 is 1.63. The summed E-state index contributed by atoms with van der Waals surface area (Å²) in [6.07, 6.45) is 2.04. The van der Waals surface area contributed by atoms with Crippen molar-refractivity contribution in [1.29, 1.82) is 0 Å². The molecule has 0 radical (unpaired) electrons. The minimum Gasteiger partial charge on any atom is -0.396 e. The maximum absolute atomic E-state index is 11.7. The Bertz CT molecular complexity index is 425. The van der Waals surface area contributed by atoms with E-state index in [0.717, 1.165) is 8.95 Å². The molecule has 1 unspecified atom stereocenters. The normalized spacial score (nSPS) is 20.6. The number of aromatic nitrogens is 1. The summed E-state index contributed by atoms with van der Waals surface area (Å²) in [6, 6.07) is 1.85. The highest BCUT2D eigenvalue weighted by molar-refractivity contribution is 9.11. The highest BCUT2D eigenvalue weighted by Gasteiger charge is 2.31. The van der Waals surface area contributed by atoms with Crippen molar-refractivity contribution in [3.63, 3.8) is 0 Å². The van der Waals surface area contributed by atoms with Gasteiger partial charge in [-0.05, 0) is 37.9 Å². The van der Waals surface area contributed by atoms with Crippen LogP contribution in [0.1, 0.15) is 6.42 Å². The Morgan fingerprint density at radius 3 is 2.88 bits per heavy atom. The monoisotopic (exact) mass is 348 g/mol. The van der Waals surface area contributed by atoms with Gasteiger partial charge in [-0.3, -0.25) is 9.69 Å². The molecular weight excluding hydrogens is 340 g/mol. The summed E-state index contributed by atoms with van der Waals surface area (Å²) in [6.45, 7) is 0.568. The van der Waals surface area contributed by atoms with Crippen molar-refractivity contribution < 1.29 is 9.90 Å². The molecule has 1 atom stereocenters. The molecule has 4 nitrogen and oxygen atoms in total. The van der Waals surface area contributed by atoms with Crippen LogP contribution in [-0.4, -0.2) is 29.1 Å². The molecule has 86 valence electrons. The number of hydrogen-bond acceptors (Lipinski definition) is 3. The predicted octanol–water partition coefficient (Wildman–Crippen LogP) is 1.95. The molecule has 0 aliphatic carbocycles. The highest BCUT2D eigenvalue weighted by Crippen LogP contribution is 2.31. The zero-order valence-electron chi connectivity index (χ0n) is 8.36. The lowest BCUT2D eigenvalue weighted by atomic mass is 10.1. The van der Waals surface area contributed by atoms with Gasteiger partial charge in [-0.15, -0.1) is 0 Å². The number of anilines is 1. The van der Waals surface area contributed by atoms with E-state index in [1.165, 1.54) is 0 Å². The second kappa shape index (κ2) is 4.81. The number of rotatable bonds is 2. The Labute approximate surface area is 110 Å². The molecule has 0 bridgehead atoms. The number of aliphatic hydroxyl groups excluding tert-OH is 1. The second-order valence-electron chi connectivity index (χ2n) is 3.72. The van der Waals surface area contributed by atoms with Gasteiger partial charge in [0.05, 0.1) is 4.47 Å². The molecule has 0 aromatic carbocycles. The summed E-state index contributed by atoms with van der Waals surface area (Å²) in [5.41, 5.74) is 0. The molecule has 1 aromatic heterocycles. The maximum Gasteiger partial charge on any atom is 0.228 e. The van der Waals surface area contributed by atoms with E-state index >= 15 is 0 Å². The average Bonchev–Trinajstić information content (AvgIpc) is 2.60. The van der Waals surface area contributed by atoms with Gasteiger partial charge in [-0.2, -0.15) is 0 Å². The van der Waals surface area contributed by atoms with Crippen LogP contribution in [0, 0.1) is 5.92 Å². The molecule has 1 aromatic rings. The van der Waals surface area contributed by atoms with Gasteiger partial charge in [0.1, 0.15) is 5.82 Å². The van der Waals surface area contributed by atoms with Gasteiger partial charge >= 0.3 is 0 Å². The van der Waals surface area contributed by atoms with Gasteiger partial charge in [-0.25, -0.2) is 4.98 Å². The van der Waals surface area contributed by atoms with Gasteiger partial charge in [-0.1, -0.05) is 0 Å². The van der Waals surface area contributed by atoms with Gasteiger partial charge in [0.2, 0.25) is 5.91 Å². The van der Waals surface area contributed by atoms with Crippen LogP contribution >= 0.6 is 31.9 Å². The Morgan fingerprint density at radius 1 is 1.56 bits per heavy atom. The molecule has 1 saturated heterocycles. The summed E-state index contributed by atoms with van der Waals surface area (Å²) in [5.74, 6) is 0.642. The quantitative estimate of drug-likeness (QED) is 0.887. The van der Waals surface area contributed by atoms with E-state index in [0.29, 0.717) is 18.8 Å². The molecule has 1 amide bonds. The number of pyridine rings is 1. The van der Waals surface area contributed by atoms with Crippen molar-refractivity contribution in [1.82, 2.24) is 4.98 Å². The molecule has 1 N–H and O–H groups in total. The third-order valence-electron chi connectivity index (χ3n) is 2.51. The van der Waals surface area contributed by atoms with Gasteiger partial charge in [0, 0.05) is 36.2 Å². The van der Waals surface area contributed by atoms with Crippen LogP contribution in [0.3, 0.4) is 0 Å². The van der Waals surface area contributed by atoms with Crippen LogP contribution < -0.4 is 4.90 Å².